The molecule has 0 aliphatic carbocycles. The van der Waals surface area contributed by atoms with Gasteiger partial charge in [0.25, 0.3) is 0 Å². The van der Waals surface area contributed by atoms with Gasteiger partial charge in [0.1, 0.15) is 12.0 Å². The monoisotopic (exact) mass is 293 g/mol. The summed E-state index contributed by atoms with van der Waals surface area (Å²) in [5, 5.41) is 1.77. The topological polar surface area (TPSA) is 36.0 Å². The van der Waals surface area contributed by atoms with Crippen molar-refractivity contribution in [2.24, 2.45) is 0 Å². The van der Waals surface area contributed by atoms with Gasteiger partial charge in [0, 0.05) is 20.5 Å². The molecule has 1 aromatic carbocycles. The molecule has 1 amide bonds. The Kier molecular flexibility index (Phi) is 3.69. The molecule has 0 N–H and O–H groups in total. The standard InChI is InChI=1S/C15H20FN3O2/c1-17-12(8-9-13(17)20)15-18(2)14(19(3)21-15)10-4-6-11(16)7-5-10/h4-7,12,14-15H,8-9H2,1-3H3. The van der Waals surface area contributed by atoms with Gasteiger partial charge in [0.15, 0.2) is 6.23 Å². The molecular formula is C15H20FN3O2. The number of hydrogen-bond donors (Lipinski definition) is 0. The summed E-state index contributed by atoms with van der Waals surface area (Å²) in [5.74, 6) is -0.0921. The first-order chi connectivity index (χ1) is 9.99. The summed E-state index contributed by atoms with van der Waals surface area (Å²) in [7, 11) is 5.66. The van der Waals surface area contributed by atoms with Gasteiger partial charge in [-0.3, -0.25) is 14.5 Å². The van der Waals surface area contributed by atoms with Gasteiger partial charge in [-0.15, -0.1) is 0 Å². The van der Waals surface area contributed by atoms with E-state index in [0.29, 0.717) is 6.42 Å². The van der Waals surface area contributed by atoms with E-state index < -0.39 is 0 Å². The summed E-state index contributed by atoms with van der Waals surface area (Å²) < 4.78 is 13.1. The summed E-state index contributed by atoms with van der Waals surface area (Å²) >= 11 is 0. The fourth-order valence-corrected chi connectivity index (χ4v) is 3.28. The fourth-order valence-electron chi connectivity index (χ4n) is 3.28. The number of carbonyl (C=O) groups is 1. The van der Waals surface area contributed by atoms with E-state index in [9.17, 15) is 9.18 Å². The maximum absolute atomic E-state index is 13.1. The van der Waals surface area contributed by atoms with Crippen LogP contribution in [0.5, 0.6) is 0 Å². The van der Waals surface area contributed by atoms with Crippen LogP contribution in [0, 0.1) is 5.82 Å². The largest absolute Gasteiger partial charge is 0.339 e. The smallest absolute Gasteiger partial charge is 0.222 e. The van der Waals surface area contributed by atoms with Crippen LogP contribution in [0.15, 0.2) is 24.3 Å². The van der Waals surface area contributed by atoms with Crippen molar-refractivity contribution >= 4 is 5.91 Å². The minimum atomic E-state index is -0.249. The number of likely N-dealkylation sites (tertiary alicyclic amines) is 1. The van der Waals surface area contributed by atoms with Crippen molar-refractivity contribution in [2.75, 3.05) is 21.1 Å². The van der Waals surface area contributed by atoms with E-state index in [-0.39, 0.29) is 30.2 Å². The van der Waals surface area contributed by atoms with Gasteiger partial charge in [0.2, 0.25) is 5.91 Å². The number of likely N-dealkylation sites (N-methyl/N-ethyl adjacent to an activating group) is 2. The molecule has 2 aliphatic heterocycles. The summed E-state index contributed by atoms with van der Waals surface area (Å²) in [5.41, 5.74) is 0.968. The van der Waals surface area contributed by atoms with Crippen LogP contribution in [0.1, 0.15) is 24.6 Å². The van der Waals surface area contributed by atoms with E-state index in [1.807, 2.05) is 21.1 Å². The van der Waals surface area contributed by atoms with E-state index in [4.69, 9.17) is 4.84 Å². The lowest BCUT2D eigenvalue weighted by Crippen LogP contribution is -2.45. The molecule has 0 aromatic heterocycles. The van der Waals surface area contributed by atoms with Crippen molar-refractivity contribution < 1.29 is 14.0 Å². The molecule has 2 aliphatic rings. The molecule has 5 nitrogen and oxygen atoms in total. The molecule has 21 heavy (non-hydrogen) atoms. The maximum Gasteiger partial charge on any atom is 0.222 e. The van der Waals surface area contributed by atoms with E-state index >= 15 is 0 Å². The lowest BCUT2D eigenvalue weighted by molar-refractivity contribution is -0.164. The number of hydroxylamine groups is 2. The third-order valence-corrected chi connectivity index (χ3v) is 4.45. The molecule has 114 valence electrons. The van der Waals surface area contributed by atoms with Crippen molar-refractivity contribution in [3.8, 4) is 0 Å². The first kappa shape index (κ1) is 14.4. The zero-order chi connectivity index (χ0) is 15.1. The van der Waals surface area contributed by atoms with Crippen molar-refractivity contribution in [1.29, 1.82) is 0 Å². The summed E-state index contributed by atoms with van der Waals surface area (Å²) in [6, 6.07) is 6.49. The van der Waals surface area contributed by atoms with Crippen molar-refractivity contribution in [3.05, 3.63) is 35.6 Å². The van der Waals surface area contributed by atoms with Gasteiger partial charge < -0.3 is 4.90 Å². The molecule has 0 radical (unpaired) electrons. The SMILES string of the molecule is CN1OC(C2CCC(=O)N2C)N(C)C1c1ccc(F)cc1. The Morgan fingerprint density at radius 3 is 2.43 bits per heavy atom. The van der Waals surface area contributed by atoms with E-state index in [0.717, 1.165) is 12.0 Å². The minimum absolute atomic E-state index is 0.0513. The molecule has 0 bridgehead atoms. The maximum atomic E-state index is 13.1. The van der Waals surface area contributed by atoms with Crippen LogP contribution in [0.25, 0.3) is 0 Å². The van der Waals surface area contributed by atoms with Crippen molar-refractivity contribution in [3.63, 3.8) is 0 Å². The Morgan fingerprint density at radius 1 is 1.19 bits per heavy atom. The molecule has 0 spiro atoms. The number of nitrogens with zero attached hydrogens (tertiary/aromatic N) is 3. The predicted octanol–water partition coefficient (Wildman–Crippen LogP) is 1.58. The summed E-state index contributed by atoms with van der Waals surface area (Å²) in [6.07, 6.45) is 1.11. The third kappa shape index (κ3) is 2.43. The highest BCUT2D eigenvalue weighted by Crippen LogP contribution is 2.36. The average molecular weight is 293 g/mol. The second-order valence-corrected chi connectivity index (χ2v) is 5.74. The lowest BCUT2D eigenvalue weighted by atomic mass is 10.1. The molecule has 3 rings (SSSR count). The second-order valence-electron chi connectivity index (χ2n) is 5.74. The molecule has 2 fully saturated rings. The highest BCUT2D eigenvalue weighted by Gasteiger charge is 2.45. The minimum Gasteiger partial charge on any atom is -0.339 e. The van der Waals surface area contributed by atoms with Crippen LogP contribution in [0.3, 0.4) is 0 Å². The van der Waals surface area contributed by atoms with Crippen molar-refractivity contribution in [2.45, 2.75) is 31.3 Å². The Bertz CT molecular complexity index is 536. The van der Waals surface area contributed by atoms with Gasteiger partial charge in [0.05, 0.1) is 6.04 Å². The molecule has 1 aromatic rings. The number of halogens is 1. The lowest BCUT2D eigenvalue weighted by Gasteiger charge is -2.30. The number of benzene rings is 1. The third-order valence-electron chi connectivity index (χ3n) is 4.45. The number of hydrogen-bond acceptors (Lipinski definition) is 4. The predicted molar refractivity (Wildman–Crippen MR) is 75.3 cm³/mol. The molecule has 6 heteroatoms. The number of amides is 1. The summed E-state index contributed by atoms with van der Waals surface area (Å²) in [6.45, 7) is 0. The van der Waals surface area contributed by atoms with Gasteiger partial charge >= 0.3 is 0 Å². The molecule has 0 saturated carbocycles. The Hall–Kier alpha value is -1.50. The van der Waals surface area contributed by atoms with E-state index in [1.54, 1.807) is 22.1 Å². The van der Waals surface area contributed by atoms with E-state index in [1.165, 1.54) is 12.1 Å². The highest BCUT2D eigenvalue weighted by molar-refractivity contribution is 5.78. The number of carbonyl (C=O) groups excluding carboxylic acids is 1. The Balaban J connectivity index is 1.82. The van der Waals surface area contributed by atoms with E-state index in [2.05, 4.69) is 4.90 Å². The average Bonchev–Trinajstić information content (AvgIpc) is 2.93. The first-order valence-corrected chi connectivity index (χ1v) is 7.11. The van der Waals surface area contributed by atoms with Crippen LogP contribution >= 0.6 is 0 Å². The van der Waals surface area contributed by atoms with Crippen LogP contribution in [-0.2, 0) is 9.63 Å². The molecule has 3 unspecified atom stereocenters. The highest BCUT2D eigenvalue weighted by atomic mass is 19.1. The van der Waals surface area contributed by atoms with Crippen molar-refractivity contribution in [1.82, 2.24) is 14.9 Å². The van der Waals surface area contributed by atoms with Gasteiger partial charge in [-0.05, 0) is 31.2 Å². The zero-order valence-electron chi connectivity index (χ0n) is 12.5. The Morgan fingerprint density at radius 2 is 1.86 bits per heavy atom. The van der Waals surface area contributed by atoms with Gasteiger partial charge in [-0.1, -0.05) is 12.1 Å². The van der Waals surface area contributed by atoms with Crippen LogP contribution < -0.4 is 0 Å². The normalized spacial score (nSPS) is 31.3. The van der Waals surface area contributed by atoms with Crippen LogP contribution in [0.4, 0.5) is 4.39 Å². The second kappa shape index (κ2) is 5.36. The Labute approximate surface area is 123 Å². The van der Waals surface area contributed by atoms with Gasteiger partial charge in [-0.25, -0.2) is 4.39 Å². The van der Waals surface area contributed by atoms with Crippen LogP contribution in [0.2, 0.25) is 0 Å². The quantitative estimate of drug-likeness (QED) is 0.829. The molecular weight excluding hydrogens is 273 g/mol. The van der Waals surface area contributed by atoms with Crippen LogP contribution in [-0.4, -0.2) is 54.2 Å². The van der Waals surface area contributed by atoms with Gasteiger partial charge in [-0.2, -0.15) is 5.06 Å². The number of rotatable bonds is 2. The molecule has 3 atom stereocenters. The molecule has 2 saturated heterocycles. The molecule has 2 heterocycles. The first-order valence-electron chi connectivity index (χ1n) is 7.11. The fraction of sp³-hybridized carbons (Fsp3) is 0.533. The zero-order valence-corrected chi connectivity index (χ0v) is 12.5. The summed E-state index contributed by atoms with van der Waals surface area (Å²) in [4.78, 5) is 21.5.